The number of aliphatic carboxylic acids is 1. The monoisotopic (exact) mass is 576 g/mol. The Hall–Kier alpha value is -3.99. The van der Waals surface area contributed by atoms with Crippen LogP contribution in [0.1, 0.15) is 25.7 Å². The molecule has 0 unspecified atom stereocenters. The highest BCUT2D eigenvalue weighted by Gasteiger charge is 2.47. The molecule has 4 fully saturated rings. The van der Waals surface area contributed by atoms with Crippen LogP contribution < -0.4 is 15.1 Å². The first-order valence-corrected chi connectivity index (χ1v) is 14.5. The van der Waals surface area contributed by atoms with Crippen molar-refractivity contribution in [3.05, 3.63) is 53.7 Å². The van der Waals surface area contributed by atoms with Crippen LogP contribution in [0.15, 0.2) is 42.7 Å². The number of carbonyl (C=O) groups is 1. The molecule has 0 spiro atoms. The second-order valence-electron chi connectivity index (χ2n) is 11.1. The van der Waals surface area contributed by atoms with Gasteiger partial charge in [0.2, 0.25) is 5.82 Å². The van der Waals surface area contributed by atoms with Gasteiger partial charge in [-0.3, -0.25) is 4.79 Å². The zero-order chi connectivity index (χ0) is 28.1. The lowest BCUT2D eigenvalue weighted by molar-refractivity contribution is -0.148. The highest BCUT2D eigenvalue weighted by molar-refractivity contribution is 6.29. The van der Waals surface area contributed by atoms with Gasteiger partial charge in [-0.15, -0.1) is 0 Å². The molecule has 10 nitrogen and oxygen atoms in total. The van der Waals surface area contributed by atoms with Crippen LogP contribution in [0.3, 0.4) is 0 Å². The van der Waals surface area contributed by atoms with Gasteiger partial charge in [-0.1, -0.05) is 29.8 Å². The molecule has 4 heterocycles. The Morgan fingerprint density at radius 3 is 2.44 bits per heavy atom. The molecule has 2 bridgehead atoms. The van der Waals surface area contributed by atoms with Gasteiger partial charge in [-0.05, 0) is 49.7 Å². The Morgan fingerprint density at radius 2 is 1.71 bits per heavy atom. The molecule has 3 N–H and O–H groups in total. The lowest BCUT2D eigenvalue weighted by Gasteiger charge is -2.47. The standard InChI is InChI=1S/C29H30ClFN8O2/c30-20-15-33-27-24(34-20)19(14-32-27)25-36-26(35-23-17-8-6-16(7-9-17)21(23)29(40)41)22(31)28(37-25)39-12-10-38(11-13-39)18-4-2-1-3-5-18/h1-5,14-17,21,23H,6-13H2,(H,32,33)(H,40,41)(H,35,36,37)/t16?,17?,21-,23-/m0/s1. The summed E-state index contributed by atoms with van der Waals surface area (Å²) in [7, 11) is 0. The quantitative estimate of drug-likeness (QED) is 0.296. The number of anilines is 3. The lowest BCUT2D eigenvalue weighted by atomic mass is 9.61. The number of H-pyrrole nitrogens is 1. The number of carboxylic acids is 1. The van der Waals surface area contributed by atoms with E-state index >= 15 is 4.39 Å². The number of fused-ring (bicyclic) bond motifs is 4. The molecule has 3 saturated carbocycles. The average Bonchev–Trinajstić information content (AvgIpc) is 3.42. The molecular formula is C29H30ClFN8O2. The van der Waals surface area contributed by atoms with Gasteiger partial charge in [0.05, 0.1) is 17.7 Å². The Balaban J connectivity index is 1.27. The Morgan fingerprint density at radius 1 is 1.00 bits per heavy atom. The number of nitrogens with zero attached hydrogens (tertiary/aromatic N) is 6. The summed E-state index contributed by atoms with van der Waals surface area (Å²) >= 11 is 6.15. The van der Waals surface area contributed by atoms with Gasteiger partial charge in [0.25, 0.3) is 0 Å². The highest BCUT2D eigenvalue weighted by atomic mass is 35.5. The summed E-state index contributed by atoms with van der Waals surface area (Å²) in [4.78, 5) is 37.6. The van der Waals surface area contributed by atoms with Gasteiger partial charge in [-0.2, -0.15) is 4.39 Å². The minimum absolute atomic E-state index is 0.0172. The van der Waals surface area contributed by atoms with Crippen LogP contribution in [0.25, 0.3) is 22.6 Å². The van der Waals surface area contributed by atoms with Crippen LogP contribution in [0.2, 0.25) is 5.15 Å². The van der Waals surface area contributed by atoms with Crippen LogP contribution in [-0.4, -0.2) is 68.2 Å². The summed E-state index contributed by atoms with van der Waals surface area (Å²) < 4.78 is 16.4. The number of benzene rings is 1. The van der Waals surface area contributed by atoms with E-state index < -0.39 is 23.7 Å². The minimum atomic E-state index is -0.842. The summed E-state index contributed by atoms with van der Waals surface area (Å²) in [6.45, 7) is 2.53. The van der Waals surface area contributed by atoms with Gasteiger partial charge in [0, 0.05) is 44.1 Å². The number of nitrogens with one attached hydrogen (secondary N) is 2. The summed E-state index contributed by atoms with van der Waals surface area (Å²) in [5.74, 6) is -1.31. The first-order chi connectivity index (χ1) is 20.0. The molecule has 1 aromatic carbocycles. The third-order valence-electron chi connectivity index (χ3n) is 8.93. The fraction of sp³-hybridized carbons (Fsp3) is 0.414. The van der Waals surface area contributed by atoms with Gasteiger partial charge >= 0.3 is 5.97 Å². The van der Waals surface area contributed by atoms with E-state index in [1.54, 1.807) is 6.20 Å². The number of para-hydroxylation sites is 1. The van der Waals surface area contributed by atoms with Crippen molar-refractivity contribution >= 4 is 46.1 Å². The van der Waals surface area contributed by atoms with E-state index in [1.807, 2.05) is 23.1 Å². The van der Waals surface area contributed by atoms with Crippen molar-refractivity contribution < 1.29 is 14.3 Å². The van der Waals surface area contributed by atoms with Crippen molar-refractivity contribution in [3.63, 3.8) is 0 Å². The third-order valence-corrected chi connectivity index (χ3v) is 9.12. The number of aromatic nitrogens is 5. The van der Waals surface area contributed by atoms with Crippen LogP contribution >= 0.6 is 11.6 Å². The van der Waals surface area contributed by atoms with Crippen LogP contribution in [-0.2, 0) is 4.79 Å². The molecule has 4 aromatic rings. The number of piperazine rings is 1. The maximum atomic E-state index is 16.4. The fourth-order valence-electron chi connectivity index (χ4n) is 6.89. The largest absolute Gasteiger partial charge is 0.481 e. The Kier molecular flexibility index (Phi) is 6.61. The normalized spacial score (nSPS) is 24.1. The summed E-state index contributed by atoms with van der Waals surface area (Å²) in [5.41, 5.74) is 2.66. The van der Waals surface area contributed by atoms with Gasteiger partial charge < -0.3 is 25.2 Å². The molecule has 0 radical (unpaired) electrons. The number of carboxylic acid groups (broad SMARTS) is 1. The third kappa shape index (κ3) is 4.71. The number of hydrogen-bond acceptors (Lipinski definition) is 8. The lowest BCUT2D eigenvalue weighted by Crippen LogP contribution is -2.51. The fourth-order valence-corrected chi connectivity index (χ4v) is 7.02. The van der Waals surface area contributed by atoms with Crippen LogP contribution in [0.5, 0.6) is 0 Å². The first-order valence-electron chi connectivity index (χ1n) is 14.1. The van der Waals surface area contributed by atoms with Crippen LogP contribution in [0, 0.1) is 23.6 Å². The summed E-state index contributed by atoms with van der Waals surface area (Å²) in [5, 5.41) is 13.6. The van der Waals surface area contributed by atoms with Crippen molar-refractivity contribution in [2.45, 2.75) is 31.7 Å². The smallest absolute Gasteiger partial charge is 0.308 e. The van der Waals surface area contributed by atoms with Crippen molar-refractivity contribution in [1.29, 1.82) is 0 Å². The van der Waals surface area contributed by atoms with Crippen molar-refractivity contribution in [2.24, 2.45) is 17.8 Å². The predicted octanol–water partition coefficient (Wildman–Crippen LogP) is 4.84. The molecule has 4 aliphatic rings. The molecule has 12 heteroatoms. The average molecular weight is 577 g/mol. The molecule has 41 heavy (non-hydrogen) atoms. The molecule has 1 aliphatic heterocycles. The maximum absolute atomic E-state index is 16.4. The number of rotatable bonds is 6. The van der Waals surface area contributed by atoms with E-state index in [2.05, 4.69) is 42.3 Å². The van der Waals surface area contributed by atoms with Crippen LogP contribution in [0.4, 0.5) is 21.7 Å². The zero-order valence-corrected chi connectivity index (χ0v) is 23.1. The summed E-state index contributed by atoms with van der Waals surface area (Å²) in [6.07, 6.45) is 6.78. The number of aromatic amines is 1. The van der Waals surface area contributed by atoms with Crippen molar-refractivity contribution in [1.82, 2.24) is 24.9 Å². The van der Waals surface area contributed by atoms with Crippen molar-refractivity contribution in [3.8, 4) is 11.4 Å². The summed E-state index contributed by atoms with van der Waals surface area (Å²) in [6, 6.07) is 9.74. The van der Waals surface area contributed by atoms with E-state index in [9.17, 15) is 9.90 Å². The van der Waals surface area contributed by atoms with E-state index in [-0.39, 0.29) is 34.4 Å². The van der Waals surface area contributed by atoms with Crippen molar-refractivity contribution in [2.75, 3.05) is 41.3 Å². The first kappa shape index (κ1) is 25.9. The molecule has 3 aliphatic carbocycles. The SMILES string of the molecule is O=C(O)[C@H]1C2CCC(CC2)[C@@H]1Nc1nc(-c2c[nH]c3ncc(Cl)nc23)nc(N2CCN(c3ccccc3)CC2)c1F. The highest BCUT2D eigenvalue weighted by Crippen LogP contribution is 2.46. The second-order valence-corrected chi connectivity index (χ2v) is 11.5. The molecule has 3 aromatic heterocycles. The van der Waals surface area contributed by atoms with Gasteiger partial charge in [0.15, 0.2) is 23.1 Å². The Labute approximate surface area is 241 Å². The van der Waals surface area contributed by atoms with E-state index in [0.717, 1.165) is 31.4 Å². The molecular weight excluding hydrogens is 547 g/mol. The molecule has 1 saturated heterocycles. The number of halogens is 2. The predicted molar refractivity (Wildman–Crippen MR) is 155 cm³/mol. The van der Waals surface area contributed by atoms with Gasteiger partial charge in [-0.25, -0.2) is 19.9 Å². The topological polar surface area (TPSA) is 123 Å². The second kappa shape index (κ2) is 10.4. The van der Waals surface area contributed by atoms with E-state index in [4.69, 9.17) is 16.6 Å². The molecule has 212 valence electrons. The maximum Gasteiger partial charge on any atom is 0.308 e. The molecule has 0 amide bonds. The molecule has 2 atom stereocenters. The zero-order valence-electron chi connectivity index (χ0n) is 22.3. The van der Waals surface area contributed by atoms with E-state index in [0.29, 0.717) is 42.9 Å². The van der Waals surface area contributed by atoms with E-state index in [1.165, 1.54) is 6.20 Å². The minimum Gasteiger partial charge on any atom is -0.481 e. The number of hydrogen-bond donors (Lipinski definition) is 3. The Bertz CT molecular complexity index is 1580. The molecule has 8 rings (SSSR count). The van der Waals surface area contributed by atoms with Gasteiger partial charge in [0.1, 0.15) is 10.7 Å².